The van der Waals surface area contributed by atoms with Crippen molar-refractivity contribution >= 4 is 28.4 Å². The average molecular weight is 363 g/mol. The lowest BCUT2D eigenvalue weighted by Gasteiger charge is -2.15. The van der Waals surface area contributed by atoms with E-state index in [1.54, 1.807) is 6.92 Å². The van der Waals surface area contributed by atoms with Crippen molar-refractivity contribution in [1.29, 1.82) is 0 Å². The molecule has 1 aliphatic rings. The molecule has 26 heavy (non-hydrogen) atoms. The first-order valence-corrected chi connectivity index (χ1v) is 7.94. The Morgan fingerprint density at radius 2 is 2.04 bits per heavy atom. The van der Waals surface area contributed by atoms with Gasteiger partial charge in [0.25, 0.3) is 0 Å². The molecule has 0 radical (unpaired) electrons. The summed E-state index contributed by atoms with van der Waals surface area (Å²) in [6, 6.07) is 0.573. The Balaban J connectivity index is 2.39. The van der Waals surface area contributed by atoms with Crippen LogP contribution in [0.5, 0.6) is 0 Å². The first kappa shape index (κ1) is 17.8. The molecule has 1 aliphatic carbocycles. The number of halogens is 2. The molecule has 2 aromatic rings. The smallest absolute Gasteiger partial charge is 0.343 e. The fourth-order valence-corrected chi connectivity index (χ4v) is 2.82. The normalized spacial score (nSPS) is 13.7. The van der Waals surface area contributed by atoms with E-state index < -0.39 is 40.1 Å². The highest BCUT2D eigenvalue weighted by molar-refractivity contribution is 6.15. The average Bonchev–Trinajstić information content (AvgIpc) is 3.40. The van der Waals surface area contributed by atoms with Gasteiger partial charge in [-0.05, 0) is 25.8 Å². The largest absolute Gasteiger partial charge is 0.478 e. The van der Waals surface area contributed by atoms with Gasteiger partial charge in [-0.25, -0.2) is 18.4 Å². The number of carboxylic acid groups (broad SMARTS) is 1. The third-order valence-electron chi connectivity index (χ3n) is 4.20. The fourth-order valence-electron chi connectivity index (χ4n) is 2.82. The lowest BCUT2D eigenvalue weighted by atomic mass is 10.0. The van der Waals surface area contributed by atoms with Crippen LogP contribution in [0.4, 0.5) is 8.78 Å². The summed E-state index contributed by atoms with van der Waals surface area (Å²) >= 11 is 0. The van der Waals surface area contributed by atoms with E-state index >= 15 is 4.39 Å². The standard InChI is InChI=1S/C18H15F2NO5/c1-3-26-18(25)11-7-21(9-4-5-9)15-10(16(11)22)6-12(19)13(14(15)20)8(2)17(23)24/h6-7,9H,2-5H2,1H3,(H,23,24). The van der Waals surface area contributed by atoms with E-state index in [1.807, 2.05) is 0 Å². The third kappa shape index (κ3) is 2.77. The number of carboxylic acids is 1. The van der Waals surface area contributed by atoms with Crippen LogP contribution >= 0.6 is 0 Å². The Hall–Kier alpha value is -3.03. The quantitative estimate of drug-likeness (QED) is 0.652. The summed E-state index contributed by atoms with van der Waals surface area (Å²) < 4.78 is 35.6. The van der Waals surface area contributed by atoms with E-state index in [0.717, 1.165) is 6.07 Å². The number of benzene rings is 1. The Morgan fingerprint density at radius 3 is 2.58 bits per heavy atom. The molecule has 1 aromatic carbocycles. The SMILES string of the molecule is C=C(C(=O)O)c1c(F)cc2c(=O)c(C(=O)OCC)cn(C3CC3)c2c1F. The number of nitrogens with zero attached hydrogens (tertiary/aromatic N) is 1. The van der Waals surface area contributed by atoms with Crippen LogP contribution in [0.25, 0.3) is 16.5 Å². The second kappa shape index (κ2) is 6.36. The van der Waals surface area contributed by atoms with Crippen molar-refractivity contribution in [3.63, 3.8) is 0 Å². The minimum absolute atomic E-state index is 0.0415. The predicted molar refractivity (Wildman–Crippen MR) is 89.0 cm³/mol. The first-order chi connectivity index (χ1) is 12.3. The lowest BCUT2D eigenvalue weighted by molar-refractivity contribution is -0.130. The van der Waals surface area contributed by atoms with Crippen LogP contribution in [0.15, 0.2) is 23.6 Å². The van der Waals surface area contributed by atoms with Crippen molar-refractivity contribution in [1.82, 2.24) is 4.57 Å². The van der Waals surface area contributed by atoms with Gasteiger partial charge in [0.2, 0.25) is 5.43 Å². The fraction of sp³-hybridized carbons (Fsp3) is 0.278. The van der Waals surface area contributed by atoms with E-state index in [9.17, 15) is 18.8 Å². The molecule has 0 saturated heterocycles. The minimum Gasteiger partial charge on any atom is -0.478 e. The molecular weight excluding hydrogens is 348 g/mol. The van der Waals surface area contributed by atoms with Gasteiger partial charge in [-0.3, -0.25) is 4.79 Å². The molecule has 1 N–H and O–H groups in total. The molecule has 1 saturated carbocycles. The minimum atomic E-state index is -1.58. The molecule has 8 heteroatoms. The number of carbonyl (C=O) groups is 2. The van der Waals surface area contributed by atoms with Crippen molar-refractivity contribution in [3.8, 4) is 0 Å². The second-order valence-corrected chi connectivity index (χ2v) is 5.96. The summed E-state index contributed by atoms with van der Waals surface area (Å²) in [5.74, 6) is -4.88. The molecule has 0 unspecified atom stereocenters. The van der Waals surface area contributed by atoms with Gasteiger partial charge in [-0.2, -0.15) is 0 Å². The van der Waals surface area contributed by atoms with Crippen LogP contribution in [0, 0.1) is 11.6 Å². The van der Waals surface area contributed by atoms with Crippen LogP contribution in [0.2, 0.25) is 0 Å². The van der Waals surface area contributed by atoms with Crippen LogP contribution in [-0.4, -0.2) is 28.2 Å². The zero-order chi connectivity index (χ0) is 19.2. The molecule has 0 aliphatic heterocycles. The van der Waals surface area contributed by atoms with Crippen LogP contribution in [0.1, 0.15) is 41.7 Å². The molecular formula is C18H15F2NO5. The van der Waals surface area contributed by atoms with Crippen LogP contribution in [-0.2, 0) is 9.53 Å². The maximum atomic E-state index is 15.0. The summed E-state index contributed by atoms with van der Waals surface area (Å²) in [6.07, 6.45) is 2.56. The number of esters is 1. The second-order valence-electron chi connectivity index (χ2n) is 5.96. The summed E-state index contributed by atoms with van der Waals surface area (Å²) in [6.45, 7) is 4.81. The number of ether oxygens (including phenoxy) is 1. The molecule has 6 nitrogen and oxygen atoms in total. The van der Waals surface area contributed by atoms with Crippen molar-refractivity contribution in [2.45, 2.75) is 25.8 Å². The summed E-state index contributed by atoms with van der Waals surface area (Å²) in [5.41, 5.74) is -3.01. The Labute approximate surface area is 146 Å². The zero-order valence-electron chi connectivity index (χ0n) is 13.8. The number of hydrogen-bond donors (Lipinski definition) is 1. The number of hydrogen-bond acceptors (Lipinski definition) is 4. The van der Waals surface area contributed by atoms with Gasteiger partial charge in [0.1, 0.15) is 11.4 Å². The van der Waals surface area contributed by atoms with E-state index in [1.165, 1.54) is 10.8 Å². The lowest BCUT2D eigenvalue weighted by Crippen LogP contribution is -2.22. The maximum Gasteiger partial charge on any atom is 0.343 e. The molecule has 0 amide bonds. The van der Waals surface area contributed by atoms with Gasteiger partial charge >= 0.3 is 11.9 Å². The highest BCUT2D eigenvalue weighted by Crippen LogP contribution is 2.39. The van der Waals surface area contributed by atoms with E-state index in [2.05, 4.69) is 6.58 Å². The molecule has 1 aromatic heterocycles. The molecule has 1 heterocycles. The monoisotopic (exact) mass is 363 g/mol. The first-order valence-electron chi connectivity index (χ1n) is 7.94. The highest BCUT2D eigenvalue weighted by atomic mass is 19.1. The molecule has 3 rings (SSSR count). The van der Waals surface area contributed by atoms with Crippen molar-refractivity contribution in [2.75, 3.05) is 6.61 Å². The van der Waals surface area contributed by atoms with E-state index in [4.69, 9.17) is 9.84 Å². The van der Waals surface area contributed by atoms with Crippen molar-refractivity contribution < 1.29 is 28.2 Å². The van der Waals surface area contributed by atoms with Gasteiger partial charge in [-0.15, -0.1) is 0 Å². The van der Waals surface area contributed by atoms with Gasteiger partial charge < -0.3 is 14.4 Å². The summed E-state index contributed by atoms with van der Waals surface area (Å²) in [4.78, 5) is 35.7. The van der Waals surface area contributed by atoms with Gasteiger partial charge in [0, 0.05) is 12.2 Å². The van der Waals surface area contributed by atoms with Crippen molar-refractivity contribution in [2.24, 2.45) is 0 Å². The topological polar surface area (TPSA) is 85.6 Å². The third-order valence-corrected chi connectivity index (χ3v) is 4.20. The highest BCUT2D eigenvalue weighted by Gasteiger charge is 2.31. The van der Waals surface area contributed by atoms with Crippen molar-refractivity contribution in [3.05, 3.63) is 51.8 Å². The Morgan fingerprint density at radius 1 is 1.38 bits per heavy atom. The number of pyridine rings is 1. The maximum absolute atomic E-state index is 15.0. The van der Waals surface area contributed by atoms with Gasteiger partial charge in [0.15, 0.2) is 5.82 Å². The Kier molecular flexibility index (Phi) is 4.35. The van der Waals surface area contributed by atoms with Crippen LogP contribution < -0.4 is 5.43 Å². The van der Waals surface area contributed by atoms with E-state index in [0.29, 0.717) is 12.8 Å². The number of aliphatic carboxylic acids is 1. The number of carbonyl (C=O) groups excluding carboxylic acids is 1. The zero-order valence-corrected chi connectivity index (χ0v) is 13.8. The Bertz CT molecular complexity index is 1020. The molecule has 0 atom stereocenters. The molecule has 1 fully saturated rings. The predicted octanol–water partition coefficient (Wildman–Crippen LogP) is 2.89. The number of aromatic nitrogens is 1. The van der Waals surface area contributed by atoms with E-state index in [-0.39, 0.29) is 29.1 Å². The number of fused-ring (bicyclic) bond motifs is 1. The molecule has 0 spiro atoms. The molecule has 136 valence electrons. The van der Waals surface area contributed by atoms with Crippen LogP contribution in [0.3, 0.4) is 0 Å². The number of rotatable bonds is 5. The van der Waals surface area contributed by atoms with Gasteiger partial charge in [-0.1, -0.05) is 6.58 Å². The molecule has 0 bridgehead atoms. The summed E-state index contributed by atoms with van der Waals surface area (Å²) in [5, 5.41) is 8.67. The summed E-state index contributed by atoms with van der Waals surface area (Å²) in [7, 11) is 0. The van der Waals surface area contributed by atoms with Gasteiger partial charge in [0.05, 0.1) is 28.6 Å².